The number of ether oxygens (including phenoxy) is 2. The second-order valence-electron chi connectivity index (χ2n) is 15.5. The van der Waals surface area contributed by atoms with E-state index in [0.29, 0.717) is 39.1 Å². The third kappa shape index (κ3) is 44.9. The molecule has 6 nitrogen and oxygen atoms in total. The third-order valence-corrected chi connectivity index (χ3v) is 15.1. The van der Waals surface area contributed by atoms with E-state index in [1.807, 2.05) is 43.2 Å². The second kappa shape index (κ2) is 47.5. The van der Waals surface area contributed by atoms with Crippen LogP contribution in [0.4, 0.5) is 0 Å². The zero-order valence-electron chi connectivity index (χ0n) is 36.8. The van der Waals surface area contributed by atoms with Crippen molar-refractivity contribution >= 4 is 55.1 Å². The maximum atomic E-state index is 12.6. The molecular formula is C46H88N2O4S4. The molecule has 0 atom stereocenters. The van der Waals surface area contributed by atoms with Crippen LogP contribution in [0.3, 0.4) is 0 Å². The van der Waals surface area contributed by atoms with E-state index < -0.39 is 0 Å². The monoisotopic (exact) mass is 861 g/mol. The van der Waals surface area contributed by atoms with E-state index in [-0.39, 0.29) is 11.9 Å². The van der Waals surface area contributed by atoms with Gasteiger partial charge in [-0.25, -0.2) is 0 Å². The first-order chi connectivity index (χ1) is 27.5. The van der Waals surface area contributed by atoms with Crippen LogP contribution in [-0.2, 0) is 19.1 Å². The molecule has 0 rings (SSSR count). The second-order valence-corrected chi connectivity index (χ2v) is 20.9. The average molecular weight is 861 g/mol. The molecule has 0 bridgehead atoms. The lowest BCUT2D eigenvalue weighted by Crippen LogP contribution is -2.33. The molecule has 0 aliphatic carbocycles. The van der Waals surface area contributed by atoms with Gasteiger partial charge in [-0.05, 0) is 78.0 Å². The van der Waals surface area contributed by atoms with Crippen molar-refractivity contribution in [2.45, 2.75) is 194 Å². The number of carbonyl (C=O) groups is 2. The normalized spacial score (nSPS) is 11.4. The van der Waals surface area contributed by atoms with E-state index >= 15 is 0 Å². The summed E-state index contributed by atoms with van der Waals surface area (Å²) in [6.45, 7) is 9.56. The Balaban J connectivity index is 4.04. The van der Waals surface area contributed by atoms with Crippen LogP contribution >= 0.6 is 43.2 Å². The minimum Gasteiger partial charge on any atom is -0.466 e. The Kier molecular flexibility index (Phi) is 47.3. The number of esters is 2. The third-order valence-electron chi connectivity index (χ3n) is 9.99. The van der Waals surface area contributed by atoms with Crippen LogP contribution in [0, 0.1) is 12.3 Å². The summed E-state index contributed by atoms with van der Waals surface area (Å²) in [5.74, 6) is 7.42. The first-order valence-corrected chi connectivity index (χ1v) is 28.1. The van der Waals surface area contributed by atoms with Gasteiger partial charge in [-0.15, -0.1) is 12.3 Å². The van der Waals surface area contributed by atoms with Gasteiger partial charge in [0.1, 0.15) is 0 Å². The molecule has 0 spiro atoms. The summed E-state index contributed by atoms with van der Waals surface area (Å²) in [5, 5.41) is 0. The number of hydrogen-bond acceptors (Lipinski definition) is 10. The van der Waals surface area contributed by atoms with Crippen LogP contribution in [0.25, 0.3) is 0 Å². The largest absolute Gasteiger partial charge is 0.466 e. The van der Waals surface area contributed by atoms with Gasteiger partial charge >= 0.3 is 11.9 Å². The van der Waals surface area contributed by atoms with Crippen molar-refractivity contribution in [3.8, 4) is 12.3 Å². The quantitative estimate of drug-likeness (QED) is 0.0256. The maximum absolute atomic E-state index is 12.6. The molecule has 56 heavy (non-hydrogen) atoms. The highest BCUT2D eigenvalue weighted by Crippen LogP contribution is 2.26. The Morgan fingerprint density at radius 1 is 0.464 bits per heavy atom. The molecule has 0 aliphatic rings. The van der Waals surface area contributed by atoms with E-state index in [9.17, 15) is 9.59 Å². The molecule has 0 unspecified atom stereocenters. The summed E-state index contributed by atoms with van der Waals surface area (Å²) in [4.78, 5) is 29.7. The Morgan fingerprint density at radius 2 is 0.821 bits per heavy atom. The van der Waals surface area contributed by atoms with E-state index in [1.54, 1.807) is 0 Å². The summed E-state index contributed by atoms with van der Waals surface area (Å²) in [5.41, 5.74) is 0. The number of hydrogen-bond donors (Lipinski definition) is 0. The molecule has 0 heterocycles. The van der Waals surface area contributed by atoms with E-state index in [1.165, 1.54) is 145 Å². The number of rotatable bonds is 46. The van der Waals surface area contributed by atoms with Crippen LogP contribution in [0.5, 0.6) is 0 Å². The van der Waals surface area contributed by atoms with E-state index in [4.69, 9.17) is 15.9 Å². The standard InChI is InChI=1S/C46H88N2O4S4/c1-5-8-11-13-15-17-21-28-42-54-56-44-30-23-19-26-40-52-46(50)33-38-48(36-31-35-47(4)34-24-10-7-3)37-32-45(49)51-39-25-18-22-29-43-55-53-41-27-20-16-14-12-9-6-2/h3H,5-6,8-44H2,1-2,4H3. The van der Waals surface area contributed by atoms with Gasteiger partial charge in [0.15, 0.2) is 0 Å². The van der Waals surface area contributed by atoms with Crippen LogP contribution in [0.2, 0.25) is 0 Å². The fourth-order valence-electron chi connectivity index (χ4n) is 6.36. The minimum atomic E-state index is -0.137. The number of terminal acetylenes is 1. The van der Waals surface area contributed by atoms with E-state index in [0.717, 1.165) is 64.6 Å². The fourth-order valence-corrected chi connectivity index (χ4v) is 10.9. The number of carbonyl (C=O) groups excluding carboxylic acids is 2. The lowest BCUT2D eigenvalue weighted by Gasteiger charge is -2.23. The van der Waals surface area contributed by atoms with Crippen molar-refractivity contribution in [3.63, 3.8) is 0 Å². The average Bonchev–Trinajstić information content (AvgIpc) is 3.19. The van der Waals surface area contributed by atoms with Gasteiger partial charge in [0, 0.05) is 42.5 Å². The minimum absolute atomic E-state index is 0.137. The molecular weight excluding hydrogens is 773 g/mol. The predicted molar refractivity (Wildman–Crippen MR) is 255 cm³/mol. The smallest absolute Gasteiger partial charge is 0.307 e. The SMILES string of the molecule is C#CCCCN(C)CCCN(CCC(=O)OCCCCCCSSCCCCCCCCC)CCC(=O)OCCCCCCSSCCCCCCCCCC. The number of unbranched alkanes of at least 4 members (excludes halogenated alkanes) is 20. The van der Waals surface area contributed by atoms with Crippen molar-refractivity contribution in [1.29, 1.82) is 0 Å². The molecule has 0 aliphatic heterocycles. The first kappa shape index (κ1) is 55.8. The van der Waals surface area contributed by atoms with Crippen LogP contribution in [0.15, 0.2) is 0 Å². The summed E-state index contributed by atoms with van der Waals surface area (Å²) in [7, 11) is 10.2. The van der Waals surface area contributed by atoms with Gasteiger partial charge in [-0.1, -0.05) is 166 Å². The van der Waals surface area contributed by atoms with Gasteiger partial charge in [0.05, 0.1) is 26.1 Å². The lowest BCUT2D eigenvalue weighted by atomic mass is 10.1. The van der Waals surface area contributed by atoms with E-state index in [2.05, 4.69) is 36.6 Å². The Bertz CT molecular complexity index is 879. The Morgan fingerprint density at radius 3 is 1.21 bits per heavy atom. The zero-order valence-corrected chi connectivity index (χ0v) is 40.1. The topological polar surface area (TPSA) is 59.1 Å². The van der Waals surface area contributed by atoms with Gasteiger partial charge in [0.2, 0.25) is 0 Å². The van der Waals surface area contributed by atoms with Crippen molar-refractivity contribution < 1.29 is 19.1 Å². The maximum Gasteiger partial charge on any atom is 0.307 e. The summed E-state index contributed by atoms with van der Waals surface area (Å²) in [6.07, 6.45) is 38.6. The van der Waals surface area contributed by atoms with Crippen molar-refractivity contribution in [2.24, 2.45) is 0 Å². The van der Waals surface area contributed by atoms with Crippen molar-refractivity contribution in [1.82, 2.24) is 9.80 Å². The molecule has 0 amide bonds. The van der Waals surface area contributed by atoms with Gasteiger partial charge in [-0.3, -0.25) is 9.59 Å². The molecule has 0 saturated heterocycles. The zero-order chi connectivity index (χ0) is 40.8. The first-order valence-electron chi connectivity index (χ1n) is 23.2. The number of nitrogens with zero attached hydrogens (tertiary/aromatic N) is 2. The van der Waals surface area contributed by atoms with Gasteiger partial charge in [-0.2, -0.15) is 0 Å². The van der Waals surface area contributed by atoms with Crippen molar-refractivity contribution in [2.75, 3.05) is 76.0 Å². The fraction of sp³-hybridized carbons (Fsp3) is 0.913. The molecule has 0 aromatic carbocycles. The molecule has 330 valence electrons. The Labute approximate surface area is 364 Å². The molecule has 0 aromatic heterocycles. The molecule has 0 aromatic rings. The highest BCUT2D eigenvalue weighted by molar-refractivity contribution is 8.77. The summed E-state index contributed by atoms with van der Waals surface area (Å²) >= 11 is 0. The molecule has 0 radical (unpaired) electrons. The lowest BCUT2D eigenvalue weighted by molar-refractivity contribution is -0.144. The predicted octanol–water partition coefficient (Wildman–Crippen LogP) is 13.7. The van der Waals surface area contributed by atoms with Crippen molar-refractivity contribution in [3.05, 3.63) is 0 Å². The van der Waals surface area contributed by atoms with Crippen LogP contribution in [0.1, 0.15) is 194 Å². The summed E-state index contributed by atoms with van der Waals surface area (Å²) < 4.78 is 11.2. The highest BCUT2D eigenvalue weighted by atomic mass is 33.1. The molecule has 0 fully saturated rings. The van der Waals surface area contributed by atoms with Gasteiger partial charge < -0.3 is 19.3 Å². The molecule has 0 N–H and O–H groups in total. The van der Waals surface area contributed by atoms with Crippen LogP contribution in [-0.4, -0.2) is 97.7 Å². The highest BCUT2D eigenvalue weighted by Gasteiger charge is 2.13. The van der Waals surface area contributed by atoms with Crippen LogP contribution < -0.4 is 0 Å². The van der Waals surface area contributed by atoms with Gasteiger partial charge in [0.25, 0.3) is 0 Å². The molecule has 10 heteroatoms. The summed E-state index contributed by atoms with van der Waals surface area (Å²) in [6, 6.07) is 0. The Hall–Kier alpha value is -0.180. The molecule has 0 saturated carbocycles.